The Morgan fingerprint density at radius 3 is 2.64 bits per heavy atom. The molecule has 4 rings (SSSR count). The predicted molar refractivity (Wildman–Crippen MR) is 108 cm³/mol. The second kappa shape index (κ2) is 6.58. The van der Waals surface area contributed by atoms with Crippen LogP contribution >= 0.6 is 0 Å². The molecule has 3 aromatic rings. The standard InChI is InChI=1S/C21H25N5O2/c1-11-7-16(19-25-26-20(28-19)23-10-17(22)27)24-18-14(11)8-13(12-5-6-12)9-15(18)21(2,3)4/h7-9,12H,5-6,10H2,1-4H3,(H2,22,27)(H,23,26). The highest BCUT2D eigenvalue weighted by atomic mass is 16.4. The molecule has 2 heterocycles. The first-order valence-electron chi connectivity index (χ1n) is 9.54. The van der Waals surface area contributed by atoms with E-state index in [1.807, 2.05) is 6.07 Å². The van der Waals surface area contributed by atoms with Gasteiger partial charge in [-0.25, -0.2) is 4.98 Å². The number of aryl methyl sites for hydroxylation is 1. The van der Waals surface area contributed by atoms with Crippen LogP contribution in [0.15, 0.2) is 22.6 Å². The number of primary amides is 1. The fourth-order valence-electron chi connectivity index (χ4n) is 3.41. The Labute approximate surface area is 163 Å². The van der Waals surface area contributed by atoms with Crippen molar-refractivity contribution in [2.45, 2.75) is 51.9 Å². The van der Waals surface area contributed by atoms with Gasteiger partial charge in [-0.1, -0.05) is 31.9 Å². The SMILES string of the molecule is Cc1cc(-c2nnc(NCC(N)=O)o2)nc2c(C(C)(C)C)cc(C3CC3)cc12. The largest absolute Gasteiger partial charge is 0.402 e. The average molecular weight is 379 g/mol. The van der Waals surface area contributed by atoms with Gasteiger partial charge in [-0.15, -0.1) is 5.10 Å². The maximum Gasteiger partial charge on any atom is 0.316 e. The Bertz CT molecular complexity index is 1060. The topological polar surface area (TPSA) is 107 Å². The number of hydrogen-bond acceptors (Lipinski definition) is 6. The van der Waals surface area contributed by atoms with Crippen LogP contribution < -0.4 is 11.1 Å². The van der Waals surface area contributed by atoms with Crippen LogP contribution in [0.2, 0.25) is 0 Å². The fourth-order valence-corrected chi connectivity index (χ4v) is 3.41. The molecule has 0 bridgehead atoms. The molecule has 0 atom stereocenters. The summed E-state index contributed by atoms with van der Waals surface area (Å²) in [6, 6.07) is 6.70. The number of nitrogens with one attached hydrogen (secondary N) is 1. The second-order valence-corrected chi connectivity index (χ2v) is 8.55. The molecule has 7 heteroatoms. The first-order valence-corrected chi connectivity index (χ1v) is 9.54. The zero-order chi connectivity index (χ0) is 20.1. The van der Waals surface area contributed by atoms with Gasteiger partial charge in [0.1, 0.15) is 5.69 Å². The van der Waals surface area contributed by atoms with E-state index in [9.17, 15) is 4.79 Å². The number of anilines is 1. The maximum absolute atomic E-state index is 10.9. The number of nitrogens with two attached hydrogens (primary N) is 1. The van der Waals surface area contributed by atoms with Crippen LogP contribution in [0.25, 0.3) is 22.5 Å². The zero-order valence-electron chi connectivity index (χ0n) is 16.7. The van der Waals surface area contributed by atoms with E-state index in [4.69, 9.17) is 15.1 Å². The number of amides is 1. The molecule has 1 saturated carbocycles. The molecular weight excluding hydrogens is 354 g/mol. The summed E-state index contributed by atoms with van der Waals surface area (Å²) in [7, 11) is 0. The van der Waals surface area contributed by atoms with E-state index in [0.717, 1.165) is 11.1 Å². The Hall–Kier alpha value is -2.96. The van der Waals surface area contributed by atoms with E-state index >= 15 is 0 Å². The lowest BCUT2D eigenvalue weighted by Gasteiger charge is -2.23. The van der Waals surface area contributed by atoms with Crippen molar-refractivity contribution in [3.8, 4) is 11.6 Å². The summed E-state index contributed by atoms with van der Waals surface area (Å²) < 4.78 is 5.62. The van der Waals surface area contributed by atoms with Gasteiger partial charge in [-0.3, -0.25) is 4.79 Å². The van der Waals surface area contributed by atoms with Crippen molar-refractivity contribution in [2.24, 2.45) is 5.73 Å². The molecule has 28 heavy (non-hydrogen) atoms. The molecule has 2 aromatic heterocycles. The number of carbonyl (C=O) groups is 1. The van der Waals surface area contributed by atoms with Crippen LogP contribution in [0.3, 0.4) is 0 Å². The van der Waals surface area contributed by atoms with Crippen LogP contribution in [0.1, 0.15) is 56.2 Å². The van der Waals surface area contributed by atoms with Gasteiger partial charge in [-0.05, 0) is 59.9 Å². The van der Waals surface area contributed by atoms with Crippen molar-refractivity contribution in [2.75, 3.05) is 11.9 Å². The molecule has 1 amide bonds. The number of nitrogens with zero attached hydrogens (tertiary/aromatic N) is 3. The lowest BCUT2D eigenvalue weighted by molar-refractivity contribution is -0.116. The summed E-state index contributed by atoms with van der Waals surface area (Å²) in [5.41, 5.74) is 10.4. The van der Waals surface area contributed by atoms with Crippen molar-refractivity contribution >= 4 is 22.8 Å². The molecule has 3 N–H and O–H groups in total. The molecule has 1 aliphatic rings. The second-order valence-electron chi connectivity index (χ2n) is 8.55. The highest BCUT2D eigenvalue weighted by Crippen LogP contribution is 2.43. The summed E-state index contributed by atoms with van der Waals surface area (Å²) in [6.07, 6.45) is 2.53. The van der Waals surface area contributed by atoms with E-state index in [1.54, 1.807) is 0 Å². The lowest BCUT2D eigenvalue weighted by atomic mass is 9.83. The van der Waals surface area contributed by atoms with Crippen molar-refractivity contribution in [1.29, 1.82) is 0 Å². The quantitative estimate of drug-likeness (QED) is 0.700. The molecule has 1 aromatic carbocycles. The summed E-state index contributed by atoms with van der Waals surface area (Å²) >= 11 is 0. The number of rotatable bonds is 5. The van der Waals surface area contributed by atoms with Crippen molar-refractivity contribution in [1.82, 2.24) is 15.2 Å². The number of hydrogen-bond donors (Lipinski definition) is 2. The Balaban J connectivity index is 1.81. The molecular formula is C21H25N5O2. The lowest BCUT2D eigenvalue weighted by Crippen LogP contribution is -2.21. The number of fused-ring (bicyclic) bond motifs is 1. The minimum Gasteiger partial charge on any atom is -0.402 e. The van der Waals surface area contributed by atoms with Crippen LogP contribution in [-0.4, -0.2) is 27.6 Å². The third kappa shape index (κ3) is 3.56. The third-order valence-corrected chi connectivity index (χ3v) is 5.06. The van der Waals surface area contributed by atoms with E-state index in [-0.39, 0.29) is 18.0 Å². The maximum atomic E-state index is 10.9. The van der Waals surface area contributed by atoms with E-state index in [1.165, 1.54) is 29.4 Å². The van der Waals surface area contributed by atoms with Gasteiger partial charge in [0.15, 0.2) is 0 Å². The van der Waals surface area contributed by atoms with Crippen LogP contribution in [-0.2, 0) is 10.2 Å². The number of carbonyl (C=O) groups excluding carboxylic acids is 1. The highest BCUT2D eigenvalue weighted by molar-refractivity contribution is 5.88. The Kier molecular flexibility index (Phi) is 4.33. The van der Waals surface area contributed by atoms with Gasteiger partial charge in [-0.2, -0.15) is 0 Å². The Morgan fingerprint density at radius 1 is 1.25 bits per heavy atom. The molecule has 0 unspecified atom stereocenters. The number of benzene rings is 1. The predicted octanol–water partition coefficient (Wildman–Crippen LogP) is 3.67. The van der Waals surface area contributed by atoms with Gasteiger partial charge in [0.05, 0.1) is 12.1 Å². The van der Waals surface area contributed by atoms with Crippen LogP contribution in [0.4, 0.5) is 6.01 Å². The molecule has 1 fully saturated rings. The molecule has 0 radical (unpaired) electrons. The van der Waals surface area contributed by atoms with E-state index in [0.29, 0.717) is 17.5 Å². The molecule has 0 spiro atoms. The van der Waals surface area contributed by atoms with Crippen molar-refractivity contribution in [3.05, 3.63) is 34.9 Å². The molecule has 146 valence electrons. The average Bonchev–Trinajstić information content (AvgIpc) is 3.36. The van der Waals surface area contributed by atoms with Crippen molar-refractivity contribution < 1.29 is 9.21 Å². The third-order valence-electron chi connectivity index (χ3n) is 5.06. The smallest absolute Gasteiger partial charge is 0.316 e. The van der Waals surface area contributed by atoms with E-state index < -0.39 is 5.91 Å². The number of pyridine rings is 1. The van der Waals surface area contributed by atoms with E-state index in [2.05, 4.69) is 55.3 Å². The monoisotopic (exact) mass is 379 g/mol. The summed E-state index contributed by atoms with van der Waals surface area (Å²) in [4.78, 5) is 15.8. The molecule has 0 saturated heterocycles. The number of aromatic nitrogens is 3. The minimum atomic E-state index is -0.499. The molecule has 1 aliphatic carbocycles. The van der Waals surface area contributed by atoms with Gasteiger partial charge in [0.2, 0.25) is 5.91 Å². The van der Waals surface area contributed by atoms with Gasteiger partial charge in [0.25, 0.3) is 5.89 Å². The summed E-state index contributed by atoms with van der Waals surface area (Å²) in [6.45, 7) is 8.64. The first-order chi connectivity index (χ1) is 13.2. The van der Waals surface area contributed by atoms with Gasteiger partial charge in [0, 0.05) is 5.39 Å². The normalized spacial score (nSPS) is 14.4. The minimum absolute atomic E-state index is 0.0374. The Morgan fingerprint density at radius 2 is 2.00 bits per heavy atom. The van der Waals surface area contributed by atoms with Crippen LogP contribution in [0, 0.1) is 6.92 Å². The van der Waals surface area contributed by atoms with Gasteiger partial charge >= 0.3 is 6.01 Å². The van der Waals surface area contributed by atoms with Crippen LogP contribution in [0.5, 0.6) is 0 Å². The summed E-state index contributed by atoms with van der Waals surface area (Å²) in [5.74, 6) is 0.489. The summed E-state index contributed by atoms with van der Waals surface area (Å²) in [5, 5.41) is 11.9. The first kappa shape index (κ1) is 18.4. The molecule has 7 nitrogen and oxygen atoms in total. The van der Waals surface area contributed by atoms with Gasteiger partial charge < -0.3 is 15.5 Å². The fraction of sp³-hybridized carbons (Fsp3) is 0.429. The zero-order valence-corrected chi connectivity index (χ0v) is 16.7. The molecule has 0 aliphatic heterocycles. The highest BCUT2D eigenvalue weighted by Gasteiger charge is 2.28. The van der Waals surface area contributed by atoms with Crippen molar-refractivity contribution in [3.63, 3.8) is 0 Å².